The fourth-order valence-electron chi connectivity index (χ4n) is 5.97. The van der Waals surface area contributed by atoms with Gasteiger partial charge in [0, 0.05) is 30.4 Å². The fourth-order valence-corrected chi connectivity index (χ4v) is 8.06. The number of hydrogen-bond donors (Lipinski definition) is 11. The van der Waals surface area contributed by atoms with E-state index in [2.05, 4.69) is 44.2 Å². The van der Waals surface area contributed by atoms with Gasteiger partial charge in [0.05, 0.1) is 31.4 Å². The van der Waals surface area contributed by atoms with E-state index >= 15 is 0 Å². The first-order valence-electron chi connectivity index (χ1n) is 18.0. The molecule has 0 bridgehead atoms. The molecule has 0 saturated carbocycles. The summed E-state index contributed by atoms with van der Waals surface area (Å²) in [7, 11) is -10.7. The van der Waals surface area contributed by atoms with E-state index in [1.807, 2.05) is 0 Å². The van der Waals surface area contributed by atoms with Gasteiger partial charge < -0.3 is 72.5 Å². The third kappa shape index (κ3) is 11.2. The zero-order valence-corrected chi connectivity index (χ0v) is 34.0. The van der Waals surface area contributed by atoms with Gasteiger partial charge in [-0.1, -0.05) is 6.08 Å². The number of nitrogens with zero attached hydrogens (tertiary/aromatic N) is 9. The number of ether oxygens (including phenoxy) is 2. The maximum absolute atomic E-state index is 12.4. The molecule has 0 aliphatic carbocycles. The average Bonchev–Trinajstić information content (AvgIpc) is 4.04. The Balaban J connectivity index is 0.000000282. The summed E-state index contributed by atoms with van der Waals surface area (Å²) < 4.78 is 50.8. The van der Waals surface area contributed by atoms with Crippen molar-refractivity contribution in [1.82, 2.24) is 49.3 Å². The second kappa shape index (κ2) is 19.6. The molecule has 3 aliphatic heterocycles. The number of carbonyl (C=O) groups excluding carboxylic acids is 2. The van der Waals surface area contributed by atoms with Crippen molar-refractivity contribution in [2.75, 3.05) is 24.7 Å². The van der Waals surface area contributed by atoms with Crippen LogP contribution in [0.3, 0.4) is 0 Å². The number of hydrogen-bond acceptors (Lipinski definition) is 23. The molecule has 2 unspecified atom stereocenters. The van der Waals surface area contributed by atoms with E-state index in [-0.39, 0.29) is 29.0 Å². The number of primary amides is 2. The molecule has 0 aromatic carbocycles. The van der Waals surface area contributed by atoms with Gasteiger partial charge in [0.2, 0.25) is 11.8 Å². The molecular weight excluding hydrogens is 882 g/mol. The lowest BCUT2D eigenvalue weighted by Gasteiger charge is -2.28. The molecule has 29 nitrogen and oxygen atoms in total. The minimum absolute atomic E-state index is 0.0517. The number of nitrogens with two attached hydrogens (primary N) is 4. The van der Waals surface area contributed by atoms with Crippen molar-refractivity contribution >= 4 is 61.4 Å². The van der Waals surface area contributed by atoms with Crippen LogP contribution in [-0.2, 0) is 36.8 Å². The molecule has 5 aromatic rings. The maximum atomic E-state index is 12.4. The standard InChI is InChI=1S/C21H29N7O14P2.C6H6N2O.C5H5N5/c22-17-12-19(25-7-24-17)28(8-26-12)21-16(32)14(30)11(41-21)6-39-44(36,37)42-43(34,35)38-5-10-13(29)15(31)20(40-10)27-3-1-2-9(4-27)18(23)33;7-6(9)5-2-1-3-8-4-5;6-4-3-5(9-1-7-3)10-2-8-4/h1,3-4,7-8,10-11,13-16,20-21,29-32H,2,5-6H2,(H2,23,33)(H,34,35)(H,36,37)(H2,22,24,25);1-4H,(H2,7,9);1-2H,(H3,6,7,8,9,10)/t10-,11-,13-,14-,15-,16-,20-,21-;;/m1../s1. The molecule has 0 spiro atoms. The Morgan fingerprint density at radius 3 is 2.08 bits per heavy atom. The van der Waals surface area contributed by atoms with Gasteiger partial charge in [0.25, 0.3) is 0 Å². The molecule has 2 amide bonds. The quantitative estimate of drug-likeness (QED) is 0.0573. The summed E-state index contributed by atoms with van der Waals surface area (Å²) in [6, 6.07) is 3.29. The van der Waals surface area contributed by atoms with Crippen LogP contribution in [0.5, 0.6) is 0 Å². The van der Waals surface area contributed by atoms with Crippen molar-refractivity contribution in [3.63, 3.8) is 0 Å². The maximum Gasteiger partial charge on any atom is 0.481 e. The van der Waals surface area contributed by atoms with E-state index in [0.29, 0.717) is 22.5 Å². The second-order valence-electron chi connectivity index (χ2n) is 13.3. The third-order valence-electron chi connectivity index (χ3n) is 9.07. The van der Waals surface area contributed by atoms with E-state index < -0.39 is 89.8 Å². The summed E-state index contributed by atoms with van der Waals surface area (Å²) in [6.45, 7) is -1.79. The van der Waals surface area contributed by atoms with Crippen LogP contribution in [-0.4, -0.2) is 147 Å². The number of phosphoric ester groups is 2. The topological polar surface area (TPSA) is 454 Å². The van der Waals surface area contributed by atoms with Crippen molar-refractivity contribution in [2.45, 2.75) is 55.5 Å². The Kier molecular flexibility index (Phi) is 14.5. The van der Waals surface area contributed by atoms with Gasteiger partial charge in [-0.25, -0.2) is 39.0 Å². The number of H-pyrrole nitrogens is 1. The normalized spacial score (nSPS) is 26.2. The molecule has 0 radical (unpaired) electrons. The summed E-state index contributed by atoms with van der Waals surface area (Å²) in [6.07, 6.45) is 1.07. The Hall–Kier alpha value is -5.91. The van der Waals surface area contributed by atoms with E-state index in [4.69, 9.17) is 41.5 Å². The lowest BCUT2D eigenvalue weighted by molar-refractivity contribution is -0.115. The monoisotopic (exact) mass is 922 g/mol. The zero-order valence-electron chi connectivity index (χ0n) is 32.2. The number of pyridine rings is 1. The highest BCUT2D eigenvalue weighted by molar-refractivity contribution is 7.61. The number of aliphatic hydroxyl groups is 4. The first-order chi connectivity index (χ1) is 29.9. The highest BCUT2D eigenvalue weighted by atomic mass is 31.3. The number of fused-ring (bicyclic) bond motifs is 2. The Morgan fingerprint density at radius 1 is 0.841 bits per heavy atom. The fraction of sp³-hybridized carbons (Fsp3) is 0.344. The molecule has 2 saturated heterocycles. The number of aromatic nitrogens is 9. The number of aliphatic hydroxyl groups excluding tert-OH is 4. The smallest absolute Gasteiger partial charge is 0.387 e. The molecule has 31 heteroatoms. The summed E-state index contributed by atoms with van der Waals surface area (Å²) in [5.41, 5.74) is 23.7. The summed E-state index contributed by atoms with van der Waals surface area (Å²) >= 11 is 0. The summed E-state index contributed by atoms with van der Waals surface area (Å²) in [4.78, 5) is 73.1. The first kappa shape index (κ1) is 46.6. The Labute approximate surface area is 353 Å². The van der Waals surface area contributed by atoms with E-state index in [0.717, 1.165) is 6.33 Å². The third-order valence-corrected chi connectivity index (χ3v) is 11.7. The van der Waals surface area contributed by atoms with E-state index in [9.17, 15) is 48.9 Å². The Bertz CT molecular complexity index is 2570. The van der Waals surface area contributed by atoms with Gasteiger partial charge in [0.1, 0.15) is 60.3 Å². The van der Waals surface area contributed by atoms with Crippen molar-refractivity contribution < 1.29 is 71.8 Å². The predicted molar refractivity (Wildman–Crippen MR) is 211 cm³/mol. The van der Waals surface area contributed by atoms with Gasteiger partial charge in [-0.2, -0.15) is 4.31 Å². The highest BCUT2D eigenvalue weighted by Crippen LogP contribution is 2.60. The number of anilines is 2. The molecule has 10 atom stereocenters. The largest absolute Gasteiger partial charge is 0.481 e. The van der Waals surface area contributed by atoms with Gasteiger partial charge in [0.15, 0.2) is 35.4 Å². The highest BCUT2D eigenvalue weighted by Gasteiger charge is 2.48. The summed E-state index contributed by atoms with van der Waals surface area (Å²) in [5, 5.41) is 41.6. The minimum atomic E-state index is -5.37. The number of carbonyl (C=O) groups is 2. The lowest BCUT2D eigenvalue weighted by atomic mass is 10.1. The van der Waals surface area contributed by atoms with Crippen LogP contribution in [0.1, 0.15) is 23.0 Å². The molecule has 15 N–H and O–H groups in total. The number of phosphoric acid groups is 2. The number of aromatic amines is 1. The number of allylic oxidation sites excluding steroid dienone is 1. The zero-order chi connectivity index (χ0) is 45.6. The van der Waals surface area contributed by atoms with Gasteiger partial charge in [-0.3, -0.25) is 28.2 Å². The number of amides is 2. The number of rotatable bonds is 12. The molecule has 8 rings (SSSR count). The molecule has 3 aliphatic rings. The molecular formula is C32H40N14O15P2. The van der Waals surface area contributed by atoms with Gasteiger partial charge in [-0.15, -0.1) is 0 Å². The number of imidazole rings is 2. The second-order valence-corrected chi connectivity index (χ2v) is 16.4. The summed E-state index contributed by atoms with van der Waals surface area (Å²) in [5.74, 6) is -0.667. The van der Waals surface area contributed by atoms with Gasteiger partial charge in [-0.05, 0) is 18.6 Å². The van der Waals surface area contributed by atoms with E-state index in [1.165, 1.54) is 47.0 Å². The van der Waals surface area contributed by atoms with Crippen molar-refractivity contribution in [3.8, 4) is 0 Å². The van der Waals surface area contributed by atoms with Crippen LogP contribution < -0.4 is 22.9 Å². The molecule has 63 heavy (non-hydrogen) atoms. The predicted octanol–water partition coefficient (Wildman–Crippen LogP) is -2.57. The van der Waals surface area contributed by atoms with Crippen molar-refractivity contribution in [1.29, 1.82) is 0 Å². The van der Waals surface area contributed by atoms with Crippen LogP contribution in [0, 0.1) is 0 Å². The minimum Gasteiger partial charge on any atom is -0.387 e. The average molecular weight is 923 g/mol. The number of nitrogens with one attached hydrogen (secondary N) is 1. The number of nitrogen functional groups attached to an aromatic ring is 2. The van der Waals surface area contributed by atoms with Crippen LogP contribution in [0.2, 0.25) is 0 Å². The molecule has 8 heterocycles. The van der Waals surface area contributed by atoms with Crippen LogP contribution in [0.4, 0.5) is 11.6 Å². The van der Waals surface area contributed by atoms with E-state index in [1.54, 1.807) is 24.4 Å². The molecule has 338 valence electrons. The molecule has 5 aromatic heterocycles. The van der Waals surface area contributed by atoms with Gasteiger partial charge >= 0.3 is 15.6 Å². The van der Waals surface area contributed by atoms with Crippen LogP contribution in [0.15, 0.2) is 73.9 Å². The first-order valence-corrected chi connectivity index (χ1v) is 21.0. The SMILES string of the molecule is NC(=O)C1=CN([C@@H]2O[C@H](COP(=O)(O)OP(=O)(O)OC[C@H]3O[C@@H](n4cnc5c(N)ncnc54)[C@H](O)[C@@H]3O)[C@@H](O)[C@H]2O)C=CC1.NC(=O)c1cccnc1.Nc1ncnc2nc[nH]c12. The van der Waals surface area contributed by atoms with Crippen molar-refractivity contribution in [2.24, 2.45) is 11.5 Å². The van der Waals surface area contributed by atoms with Crippen LogP contribution >= 0.6 is 15.6 Å². The Morgan fingerprint density at radius 2 is 1.48 bits per heavy atom. The molecule has 2 fully saturated rings. The van der Waals surface area contributed by atoms with Crippen molar-refractivity contribution in [3.05, 3.63) is 79.4 Å². The lowest BCUT2D eigenvalue weighted by Crippen LogP contribution is -2.40. The van der Waals surface area contributed by atoms with Crippen LogP contribution in [0.25, 0.3) is 22.3 Å².